The van der Waals surface area contributed by atoms with Gasteiger partial charge in [-0.05, 0) is 35.4 Å². The Kier molecular flexibility index (Phi) is 4.48. The molecular weight excluding hydrogens is 330 g/mol. The molecule has 4 heteroatoms. The van der Waals surface area contributed by atoms with E-state index in [1.165, 1.54) is 0 Å². The lowest BCUT2D eigenvalue weighted by atomic mass is 10.0. The average molecular weight is 350 g/mol. The van der Waals surface area contributed by atoms with Gasteiger partial charge in [-0.15, -0.1) is 0 Å². The molecule has 21 heavy (non-hydrogen) atoms. The van der Waals surface area contributed by atoms with Crippen LogP contribution < -0.4 is 0 Å². The molecular formula is C17H20BrNO2. The second-order valence-electron chi connectivity index (χ2n) is 5.56. The largest absolute Gasteiger partial charge is 0.508 e. The number of hydrogen-bond acceptors (Lipinski definition) is 3. The summed E-state index contributed by atoms with van der Waals surface area (Å²) in [6.45, 7) is 5.55. The van der Waals surface area contributed by atoms with E-state index in [2.05, 4.69) is 39.9 Å². The predicted molar refractivity (Wildman–Crippen MR) is 88.6 cm³/mol. The van der Waals surface area contributed by atoms with E-state index in [9.17, 15) is 5.11 Å². The molecule has 0 amide bonds. The van der Waals surface area contributed by atoms with Gasteiger partial charge < -0.3 is 9.84 Å². The van der Waals surface area contributed by atoms with Gasteiger partial charge >= 0.3 is 0 Å². The Labute approximate surface area is 133 Å². The van der Waals surface area contributed by atoms with E-state index >= 15 is 0 Å². The van der Waals surface area contributed by atoms with Crippen molar-refractivity contribution in [2.45, 2.75) is 26.0 Å². The molecule has 0 aromatic heterocycles. The zero-order valence-electron chi connectivity index (χ0n) is 12.2. The van der Waals surface area contributed by atoms with Gasteiger partial charge in [-0.3, -0.25) is 4.90 Å². The molecule has 1 N–H and O–H groups in total. The van der Waals surface area contributed by atoms with Gasteiger partial charge in [0.1, 0.15) is 5.75 Å². The molecule has 1 atom stereocenters. The van der Waals surface area contributed by atoms with Crippen molar-refractivity contribution in [1.82, 2.24) is 4.90 Å². The molecule has 1 heterocycles. The van der Waals surface area contributed by atoms with E-state index in [0.717, 1.165) is 53.5 Å². The summed E-state index contributed by atoms with van der Waals surface area (Å²) in [6.07, 6.45) is 1.34. The van der Waals surface area contributed by atoms with Gasteiger partial charge in [0.2, 0.25) is 0 Å². The number of morpholine rings is 1. The number of hydrogen-bond donors (Lipinski definition) is 1. The Bertz CT molecular complexity index is 644. The van der Waals surface area contributed by atoms with Crippen LogP contribution >= 0.6 is 15.9 Å². The van der Waals surface area contributed by atoms with Crippen LogP contribution in [0.1, 0.15) is 18.9 Å². The molecule has 0 spiro atoms. The Hall–Kier alpha value is -1.10. The highest BCUT2D eigenvalue weighted by molar-refractivity contribution is 9.10. The van der Waals surface area contributed by atoms with Gasteiger partial charge in [-0.1, -0.05) is 35.0 Å². The normalized spacial score (nSPS) is 20.0. The highest BCUT2D eigenvalue weighted by Gasteiger charge is 2.20. The number of aromatic hydroxyl groups is 1. The molecule has 0 saturated carbocycles. The zero-order valence-corrected chi connectivity index (χ0v) is 13.8. The Morgan fingerprint density at radius 3 is 3.00 bits per heavy atom. The van der Waals surface area contributed by atoms with Gasteiger partial charge in [0.15, 0.2) is 0 Å². The predicted octanol–water partition coefficient (Wildman–Crippen LogP) is 3.92. The Morgan fingerprint density at radius 1 is 1.33 bits per heavy atom. The fourth-order valence-corrected chi connectivity index (χ4v) is 3.29. The SMILES string of the molecule is CC[C@@H]1CN(Cc2c(O)ccc3cc(Br)ccc23)CCO1. The minimum atomic E-state index is 0.310. The van der Waals surface area contributed by atoms with E-state index < -0.39 is 0 Å². The monoisotopic (exact) mass is 349 g/mol. The topological polar surface area (TPSA) is 32.7 Å². The van der Waals surface area contributed by atoms with Crippen LogP contribution in [0.3, 0.4) is 0 Å². The highest BCUT2D eigenvalue weighted by atomic mass is 79.9. The maximum absolute atomic E-state index is 10.3. The first-order valence-corrected chi connectivity index (χ1v) is 8.20. The third-order valence-corrected chi connectivity index (χ3v) is 4.62. The van der Waals surface area contributed by atoms with Crippen LogP contribution in [-0.2, 0) is 11.3 Å². The van der Waals surface area contributed by atoms with Gasteiger partial charge in [0.05, 0.1) is 12.7 Å². The molecule has 2 aromatic carbocycles. The van der Waals surface area contributed by atoms with E-state index in [1.54, 1.807) is 6.07 Å². The second-order valence-corrected chi connectivity index (χ2v) is 6.48. The summed E-state index contributed by atoms with van der Waals surface area (Å²) in [5, 5.41) is 12.5. The molecule has 1 saturated heterocycles. The van der Waals surface area contributed by atoms with Crippen LogP contribution in [0.5, 0.6) is 5.75 Å². The van der Waals surface area contributed by atoms with E-state index in [1.807, 2.05) is 12.1 Å². The van der Waals surface area contributed by atoms with Crippen molar-refractivity contribution >= 4 is 26.7 Å². The quantitative estimate of drug-likeness (QED) is 0.911. The number of ether oxygens (including phenoxy) is 1. The molecule has 0 radical (unpaired) electrons. The number of rotatable bonds is 3. The van der Waals surface area contributed by atoms with Gasteiger partial charge in [0, 0.05) is 29.7 Å². The van der Waals surface area contributed by atoms with Gasteiger partial charge in [0.25, 0.3) is 0 Å². The number of nitrogens with zero attached hydrogens (tertiary/aromatic N) is 1. The molecule has 1 fully saturated rings. The summed E-state index contributed by atoms with van der Waals surface area (Å²) < 4.78 is 6.78. The molecule has 3 nitrogen and oxygen atoms in total. The summed E-state index contributed by atoms with van der Waals surface area (Å²) in [5.74, 6) is 0.379. The first-order chi connectivity index (χ1) is 10.2. The first-order valence-electron chi connectivity index (χ1n) is 7.41. The third kappa shape index (κ3) is 3.23. The van der Waals surface area contributed by atoms with Crippen molar-refractivity contribution in [3.63, 3.8) is 0 Å². The fraction of sp³-hybridized carbons (Fsp3) is 0.412. The first kappa shape index (κ1) is 14.8. The Morgan fingerprint density at radius 2 is 2.19 bits per heavy atom. The van der Waals surface area contributed by atoms with E-state index in [0.29, 0.717) is 11.9 Å². The minimum Gasteiger partial charge on any atom is -0.508 e. The van der Waals surface area contributed by atoms with E-state index in [4.69, 9.17) is 4.74 Å². The van der Waals surface area contributed by atoms with Crippen molar-refractivity contribution in [2.75, 3.05) is 19.7 Å². The summed E-state index contributed by atoms with van der Waals surface area (Å²) in [4.78, 5) is 2.37. The van der Waals surface area contributed by atoms with Crippen LogP contribution in [0.15, 0.2) is 34.8 Å². The maximum atomic E-state index is 10.3. The number of fused-ring (bicyclic) bond motifs is 1. The second kappa shape index (κ2) is 6.34. The van der Waals surface area contributed by atoms with Crippen LogP contribution in [0, 0.1) is 0 Å². The standard InChI is InChI=1S/C17H20BrNO2/c1-2-14-10-19(7-8-21-14)11-16-15-5-4-13(18)9-12(15)3-6-17(16)20/h3-6,9,14,20H,2,7-8,10-11H2,1H3/t14-/m1/s1. The van der Waals surface area contributed by atoms with Gasteiger partial charge in [-0.25, -0.2) is 0 Å². The molecule has 0 unspecified atom stereocenters. The third-order valence-electron chi connectivity index (χ3n) is 4.13. The van der Waals surface area contributed by atoms with Crippen LogP contribution in [0.25, 0.3) is 10.8 Å². The van der Waals surface area contributed by atoms with Crippen molar-refractivity contribution in [1.29, 1.82) is 0 Å². The maximum Gasteiger partial charge on any atom is 0.120 e. The molecule has 2 aromatic rings. The van der Waals surface area contributed by atoms with Crippen LogP contribution in [0.2, 0.25) is 0 Å². The number of phenols is 1. The van der Waals surface area contributed by atoms with E-state index in [-0.39, 0.29) is 0 Å². The van der Waals surface area contributed by atoms with Crippen molar-refractivity contribution in [3.8, 4) is 5.75 Å². The Balaban J connectivity index is 1.90. The summed E-state index contributed by atoms with van der Waals surface area (Å²) in [7, 11) is 0. The molecule has 0 aliphatic carbocycles. The lowest BCUT2D eigenvalue weighted by Gasteiger charge is -2.32. The molecule has 3 rings (SSSR count). The zero-order chi connectivity index (χ0) is 14.8. The van der Waals surface area contributed by atoms with Gasteiger partial charge in [-0.2, -0.15) is 0 Å². The molecule has 0 bridgehead atoms. The molecule has 1 aliphatic rings. The van der Waals surface area contributed by atoms with Crippen LogP contribution in [-0.4, -0.2) is 35.8 Å². The average Bonchev–Trinajstić information content (AvgIpc) is 2.50. The number of benzene rings is 2. The highest BCUT2D eigenvalue weighted by Crippen LogP contribution is 2.30. The lowest BCUT2D eigenvalue weighted by Crippen LogP contribution is -2.41. The number of phenolic OH excluding ortho intramolecular Hbond substituents is 1. The van der Waals surface area contributed by atoms with Crippen LogP contribution in [0.4, 0.5) is 0 Å². The summed E-state index contributed by atoms with van der Waals surface area (Å²) >= 11 is 3.50. The smallest absolute Gasteiger partial charge is 0.120 e. The van der Waals surface area contributed by atoms with Crippen molar-refractivity contribution < 1.29 is 9.84 Å². The molecule has 1 aliphatic heterocycles. The molecule has 112 valence electrons. The number of halogens is 1. The summed E-state index contributed by atoms with van der Waals surface area (Å²) in [6, 6.07) is 9.95. The summed E-state index contributed by atoms with van der Waals surface area (Å²) in [5.41, 5.74) is 1.01. The van der Waals surface area contributed by atoms with Crippen molar-refractivity contribution in [3.05, 3.63) is 40.4 Å². The minimum absolute atomic E-state index is 0.310. The lowest BCUT2D eigenvalue weighted by molar-refractivity contribution is -0.0325. The fourth-order valence-electron chi connectivity index (χ4n) is 2.91. The van der Waals surface area contributed by atoms with Crippen molar-refractivity contribution in [2.24, 2.45) is 0 Å².